The van der Waals surface area contributed by atoms with E-state index in [1.54, 1.807) is 0 Å². The molecule has 112 valence electrons. The van der Waals surface area contributed by atoms with Gasteiger partial charge in [0.15, 0.2) is 0 Å². The van der Waals surface area contributed by atoms with Crippen LogP contribution in [0.1, 0.15) is 26.7 Å². The summed E-state index contributed by atoms with van der Waals surface area (Å²) >= 11 is 0. The minimum Gasteiger partial charge on any atom is -0.368 e. The zero-order valence-corrected chi connectivity index (χ0v) is 13.1. The molecule has 1 aliphatic rings. The second kappa shape index (κ2) is 6.68. The Kier molecular flexibility index (Phi) is 5.77. The molecule has 0 aliphatic carbocycles. The molecular formula is C14H31N4O+. The Balaban J connectivity index is 2.44. The number of amides is 1. The van der Waals surface area contributed by atoms with Crippen LogP contribution in [-0.4, -0.2) is 74.2 Å². The maximum Gasteiger partial charge on any atom is 0.234 e. The molecule has 5 heteroatoms. The summed E-state index contributed by atoms with van der Waals surface area (Å²) in [5, 5.41) is 3.35. The van der Waals surface area contributed by atoms with Gasteiger partial charge >= 0.3 is 0 Å². The van der Waals surface area contributed by atoms with Gasteiger partial charge in [-0.1, -0.05) is 0 Å². The summed E-state index contributed by atoms with van der Waals surface area (Å²) in [7, 11) is 6.65. The summed E-state index contributed by atoms with van der Waals surface area (Å²) in [6, 6.07) is 0.797. The van der Waals surface area contributed by atoms with E-state index >= 15 is 0 Å². The third-order valence-electron chi connectivity index (χ3n) is 3.83. The third-order valence-corrected chi connectivity index (χ3v) is 3.83. The van der Waals surface area contributed by atoms with Gasteiger partial charge in [0, 0.05) is 25.2 Å². The maximum atomic E-state index is 11.2. The van der Waals surface area contributed by atoms with E-state index in [1.807, 2.05) is 0 Å². The molecule has 1 rings (SSSR count). The van der Waals surface area contributed by atoms with E-state index in [9.17, 15) is 4.79 Å². The van der Waals surface area contributed by atoms with Crippen molar-refractivity contribution < 1.29 is 9.28 Å². The smallest absolute Gasteiger partial charge is 0.234 e. The van der Waals surface area contributed by atoms with Crippen LogP contribution in [0, 0.1) is 0 Å². The number of hydrogen-bond acceptors (Lipinski definition) is 3. The Labute approximate surface area is 117 Å². The molecule has 0 aromatic heterocycles. The number of quaternary nitrogens is 1. The predicted molar refractivity (Wildman–Crippen MR) is 78.7 cm³/mol. The molecule has 0 aromatic rings. The molecule has 5 nitrogen and oxygen atoms in total. The summed E-state index contributed by atoms with van der Waals surface area (Å²) in [6.45, 7) is 7.68. The fourth-order valence-corrected chi connectivity index (χ4v) is 2.46. The van der Waals surface area contributed by atoms with E-state index in [1.165, 1.54) is 0 Å². The first-order valence-electron chi connectivity index (χ1n) is 7.29. The lowest BCUT2D eigenvalue weighted by atomic mass is 10.1. The molecule has 1 amide bonds. The molecule has 0 saturated carbocycles. The fourth-order valence-electron chi connectivity index (χ4n) is 2.46. The number of carbonyl (C=O) groups excluding carboxylic acids is 1. The second-order valence-electron chi connectivity index (χ2n) is 7.00. The molecular weight excluding hydrogens is 240 g/mol. The summed E-state index contributed by atoms with van der Waals surface area (Å²) in [6.07, 6.45) is 1.92. The van der Waals surface area contributed by atoms with Gasteiger partial charge in [-0.15, -0.1) is 0 Å². The van der Waals surface area contributed by atoms with Gasteiger partial charge in [-0.25, -0.2) is 0 Å². The molecule has 1 saturated heterocycles. The van der Waals surface area contributed by atoms with E-state index in [-0.39, 0.29) is 11.9 Å². The second-order valence-corrected chi connectivity index (χ2v) is 7.00. The van der Waals surface area contributed by atoms with Crippen LogP contribution in [0.4, 0.5) is 0 Å². The molecule has 2 unspecified atom stereocenters. The lowest BCUT2D eigenvalue weighted by molar-refractivity contribution is -0.869. The van der Waals surface area contributed by atoms with E-state index in [0.717, 1.165) is 37.0 Å². The highest BCUT2D eigenvalue weighted by atomic mass is 16.1. The Morgan fingerprint density at radius 1 is 1.37 bits per heavy atom. The number of likely N-dealkylation sites (N-methyl/N-ethyl adjacent to an activating group) is 1. The van der Waals surface area contributed by atoms with Crippen LogP contribution in [0.5, 0.6) is 0 Å². The zero-order valence-electron chi connectivity index (χ0n) is 13.1. The molecule has 1 aliphatic heterocycles. The first-order chi connectivity index (χ1) is 8.69. The van der Waals surface area contributed by atoms with Crippen molar-refractivity contribution in [3.63, 3.8) is 0 Å². The minimum absolute atomic E-state index is 0.127. The first-order valence-corrected chi connectivity index (χ1v) is 7.29. The van der Waals surface area contributed by atoms with Crippen molar-refractivity contribution in [1.82, 2.24) is 10.2 Å². The minimum atomic E-state index is -0.218. The highest BCUT2D eigenvalue weighted by Crippen LogP contribution is 2.14. The summed E-state index contributed by atoms with van der Waals surface area (Å²) < 4.78 is 0.977. The first kappa shape index (κ1) is 16.4. The Morgan fingerprint density at radius 3 is 2.42 bits per heavy atom. The third kappa shape index (κ3) is 5.89. The number of nitrogens with one attached hydrogen (secondary N) is 1. The summed E-state index contributed by atoms with van der Waals surface area (Å²) in [4.78, 5) is 13.7. The van der Waals surface area contributed by atoms with Crippen LogP contribution in [0.25, 0.3) is 0 Å². The highest BCUT2D eigenvalue weighted by Gasteiger charge is 2.29. The molecule has 0 radical (unpaired) electrons. The predicted octanol–water partition coefficient (Wildman–Crippen LogP) is 0.00890. The van der Waals surface area contributed by atoms with Crippen LogP contribution < -0.4 is 11.1 Å². The molecule has 0 spiro atoms. The molecule has 3 N–H and O–H groups in total. The van der Waals surface area contributed by atoms with E-state index in [2.05, 4.69) is 45.2 Å². The van der Waals surface area contributed by atoms with E-state index in [0.29, 0.717) is 12.1 Å². The van der Waals surface area contributed by atoms with Crippen LogP contribution in [0.2, 0.25) is 0 Å². The Morgan fingerprint density at radius 2 is 2.00 bits per heavy atom. The van der Waals surface area contributed by atoms with Crippen molar-refractivity contribution in [2.75, 3.05) is 40.8 Å². The van der Waals surface area contributed by atoms with E-state index < -0.39 is 0 Å². The van der Waals surface area contributed by atoms with Crippen LogP contribution in [-0.2, 0) is 4.79 Å². The summed E-state index contributed by atoms with van der Waals surface area (Å²) in [5.41, 5.74) is 5.35. The van der Waals surface area contributed by atoms with Gasteiger partial charge in [0.2, 0.25) is 5.91 Å². The van der Waals surface area contributed by atoms with Gasteiger partial charge in [-0.2, -0.15) is 0 Å². The van der Waals surface area contributed by atoms with Crippen LogP contribution in [0.3, 0.4) is 0 Å². The molecule has 1 heterocycles. The van der Waals surface area contributed by atoms with Crippen molar-refractivity contribution >= 4 is 5.91 Å². The van der Waals surface area contributed by atoms with Gasteiger partial charge in [-0.3, -0.25) is 9.69 Å². The Hall–Kier alpha value is -0.650. The van der Waals surface area contributed by atoms with Crippen molar-refractivity contribution in [1.29, 1.82) is 0 Å². The number of primary amides is 1. The number of nitrogens with two attached hydrogens (primary N) is 1. The number of hydrogen-bond donors (Lipinski definition) is 2. The normalized spacial score (nSPS) is 24.4. The molecule has 0 aromatic carbocycles. The monoisotopic (exact) mass is 271 g/mol. The van der Waals surface area contributed by atoms with Gasteiger partial charge in [0.1, 0.15) is 0 Å². The van der Waals surface area contributed by atoms with Crippen molar-refractivity contribution in [3.8, 4) is 0 Å². The highest BCUT2D eigenvalue weighted by molar-refractivity contribution is 5.80. The topological polar surface area (TPSA) is 58.4 Å². The maximum absolute atomic E-state index is 11.2. The average molecular weight is 271 g/mol. The van der Waals surface area contributed by atoms with Crippen molar-refractivity contribution in [2.45, 2.75) is 44.8 Å². The van der Waals surface area contributed by atoms with Gasteiger partial charge < -0.3 is 15.5 Å². The molecule has 1 fully saturated rings. The lowest BCUT2D eigenvalue weighted by Crippen LogP contribution is -2.49. The van der Waals surface area contributed by atoms with Crippen molar-refractivity contribution in [3.05, 3.63) is 0 Å². The number of carbonyl (C=O) groups is 1. The standard InChI is InChI=1S/C14H30N4O/c1-11(2)17(8-9-18(3,4)5)10-12-6-7-13(16-12)14(15)19/h11-13,16H,6-10H2,1-5H3,(H-,15,19)/p+1. The Bertz CT molecular complexity index is 298. The SMILES string of the molecule is CC(C)N(CC[N+](C)(C)C)CC1CCC(C(N)=O)N1. The fraction of sp³-hybridized carbons (Fsp3) is 0.929. The quantitative estimate of drug-likeness (QED) is 0.641. The van der Waals surface area contributed by atoms with Crippen LogP contribution >= 0.6 is 0 Å². The van der Waals surface area contributed by atoms with E-state index in [4.69, 9.17) is 5.73 Å². The molecule has 2 atom stereocenters. The largest absolute Gasteiger partial charge is 0.368 e. The van der Waals surface area contributed by atoms with Gasteiger partial charge in [0.25, 0.3) is 0 Å². The lowest BCUT2D eigenvalue weighted by Gasteiger charge is -2.33. The zero-order chi connectivity index (χ0) is 14.6. The summed E-state index contributed by atoms with van der Waals surface area (Å²) in [5.74, 6) is -0.218. The molecule has 0 bridgehead atoms. The van der Waals surface area contributed by atoms with Gasteiger partial charge in [0.05, 0.1) is 33.7 Å². The molecule has 19 heavy (non-hydrogen) atoms. The van der Waals surface area contributed by atoms with Crippen LogP contribution in [0.15, 0.2) is 0 Å². The number of rotatable bonds is 7. The van der Waals surface area contributed by atoms with Gasteiger partial charge in [-0.05, 0) is 26.7 Å². The number of nitrogens with zero attached hydrogens (tertiary/aromatic N) is 2. The van der Waals surface area contributed by atoms with Crippen molar-refractivity contribution in [2.24, 2.45) is 5.73 Å². The average Bonchev–Trinajstić information content (AvgIpc) is 2.70.